The third-order valence-corrected chi connectivity index (χ3v) is 5.72. The van der Waals surface area contributed by atoms with Crippen LogP contribution in [0, 0.1) is 0 Å². The molecule has 0 radical (unpaired) electrons. The van der Waals surface area contributed by atoms with Gasteiger partial charge in [0.05, 0.1) is 0 Å². The SMILES string of the molecule is Brc1ccc2c3c(ccc2c1)OCCOc1ccc2cc(Br)ccc2c1-3. The van der Waals surface area contributed by atoms with Crippen LogP contribution in [-0.4, -0.2) is 13.2 Å². The van der Waals surface area contributed by atoms with Crippen LogP contribution in [0.25, 0.3) is 32.7 Å². The van der Waals surface area contributed by atoms with Gasteiger partial charge in [-0.3, -0.25) is 0 Å². The highest BCUT2D eigenvalue weighted by molar-refractivity contribution is 9.10. The molecule has 0 N–H and O–H groups in total. The summed E-state index contributed by atoms with van der Waals surface area (Å²) in [6.45, 7) is 1.07. The van der Waals surface area contributed by atoms with Gasteiger partial charge in [-0.05, 0) is 57.9 Å². The summed E-state index contributed by atoms with van der Waals surface area (Å²) >= 11 is 7.15. The van der Waals surface area contributed by atoms with E-state index in [2.05, 4.69) is 92.5 Å². The molecule has 4 aromatic carbocycles. The highest BCUT2D eigenvalue weighted by Gasteiger charge is 2.21. The van der Waals surface area contributed by atoms with Crippen molar-refractivity contribution in [2.75, 3.05) is 13.2 Å². The minimum Gasteiger partial charge on any atom is -0.489 e. The van der Waals surface area contributed by atoms with Crippen molar-refractivity contribution in [2.45, 2.75) is 0 Å². The van der Waals surface area contributed by atoms with E-state index in [1.807, 2.05) is 0 Å². The average molecular weight is 470 g/mol. The van der Waals surface area contributed by atoms with Crippen LogP contribution in [0.5, 0.6) is 11.5 Å². The molecule has 1 aliphatic heterocycles. The van der Waals surface area contributed by atoms with Gasteiger partial charge in [-0.2, -0.15) is 0 Å². The van der Waals surface area contributed by atoms with Crippen molar-refractivity contribution in [2.24, 2.45) is 0 Å². The molecular weight excluding hydrogens is 456 g/mol. The van der Waals surface area contributed by atoms with Crippen LogP contribution in [0.3, 0.4) is 0 Å². The Morgan fingerprint density at radius 3 is 1.50 bits per heavy atom. The van der Waals surface area contributed by atoms with Gasteiger partial charge >= 0.3 is 0 Å². The van der Waals surface area contributed by atoms with Crippen molar-refractivity contribution < 1.29 is 9.47 Å². The van der Waals surface area contributed by atoms with Crippen molar-refractivity contribution in [1.29, 1.82) is 0 Å². The van der Waals surface area contributed by atoms with Crippen molar-refractivity contribution >= 4 is 53.4 Å². The summed E-state index contributed by atoms with van der Waals surface area (Å²) in [5.74, 6) is 1.81. The van der Waals surface area contributed by atoms with Gasteiger partial charge in [-0.15, -0.1) is 0 Å². The van der Waals surface area contributed by atoms with E-state index in [4.69, 9.17) is 9.47 Å². The van der Waals surface area contributed by atoms with Crippen LogP contribution in [-0.2, 0) is 0 Å². The Morgan fingerprint density at radius 2 is 1.04 bits per heavy atom. The number of rotatable bonds is 0. The van der Waals surface area contributed by atoms with Crippen molar-refractivity contribution in [3.63, 3.8) is 0 Å². The molecule has 0 saturated carbocycles. The lowest BCUT2D eigenvalue weighted by Crippen LogP contribution is -2.12. The molecule has 26 heavy (non-hydrogen) atoms. The molecular formula is C22H14Br2O2. The van der Waals surface area contributed by atoms with Crippen LogP contribution in [0.15, 0.2) is 69.6 Å². The summed E-state index contributed by atoms with van der Waals surface area (Å²) in [5.41, 5.74) is 2.19. The third-order valence-electron chi connectivity index (χ3n) is 4.74. The third kappa shape index (κ3) is 2.60. The van der Waals surface area contributed by atoms with E-state index in [0.717, 1.165) is 42.3 Å². The molecule has 0 atom stereocenters. The van der Waals surface area contributed by atoms with E-state index in [1.54, 1.807) is 0 Å². The Hall–Kier alpha value is -2.04. The summed E-state index contributed by atoms with van der Waals surface area (Å²) in [7, 11) is 0. The molecule has 5 rings (SSSR count). The molecule has 0 fully saturated rings. The van der Waals surface area contributed by atoms with E-state index < -0.39 is 0 Å². The Bertz CT molecular complexity index is 1070. The lowest BCUT2D eigenvalue weighted by Gasteiger charge is -2.22. The van der Waals surface area contributed by atoms with Gasteiger partial charge in [0.2, 0.25) is 0 Å². The molecule has 4 aromatic rings. The molecule has 1 heterocycles. The second-order valence-electron chi connectivity index (χ2n) is 6.31. The fourth-order valence-corrected chi connectivity index (χ4v) is 4.38. The molecule has 4 heteroatoms. The number of benzene rings is 4. The number of hydrogen-bond donors (Lipinski definition) is 0. The molecule has 0 aliphatic carbocycles. The number of hydrogen-bond acceptors (Lipinski definition) is 2. The minimum absolute atomic E-state index is 0.535. The molecule has 0 amide bonds. The summed E-state index contributed by atoms with van der Waals surface area (Å²) in [5, 5.41) is 4.66. The first-order chi connectivity index (χ1) is 12.7. The zero-order chi connectivity index (χ0) is 17.7. The van der Waals surface area contributed by atoms with Crippen LogP contribution < -0.4 is 9.47 Å². The summed E-state index contributed by atoms with van der Waals surface area (Å²) in [6.07, 6.45) is 0. The van der Waals surface area contributed by atoms with Crippen molar-refractivity contribution in [3.8, 4) is 22.6 Å². The topological polar surface area (TPSA) is 18.5 Å². The standard InChI is InChI=1S/C22H14Br2O2/c23-15-3-5-17-13(11-15)1-7-19-21(17)22-18-6-4-16(24)12-14(18)2-8-20(22)26-10-9-25-19/h1-8,11-12H,9-10H2. The zero-order valence-corrected chi connectivity index (χ0v) is 16.9. The summed E-state index contributed by atoms with van der Waals surface area (Å²) in [6, 6.07) is 21.1. The highest BCUT2D eigenvalue weighted by Crippen LogP contribution is 2.46. The lowest BCUT2D eigenvalue weighted by molar-refractivity contribution is 0.215. The normalized spacial score (nSPS) is 13.3. The number of halogens is 2. The van der Waals surface area contributed by atoms with Gasteiger partial charge in [0.1, 0.15) is 24.7 Å². The Balaban J connectivity index is 1.96. The minimum atomic E-state index is 0.535. The molecule has 0 unspecified atom stereocenters. The van der Waals surface area contributed by atoms with Gasteiger partial charge in [-0.25, -0.2) is 0 Å². The van der Waals surface area contributed by atoms with E-state index in [-0.39, 0.29) is 0 Å². The lowest BCUT2D eigenvalue weighted by atomic mass is 9.92. The summed E-state index contributed by atoms with van der Waals surface area (Å²) in [4.78, 5) is 0. The Labute approximate surface area is 168 Å². The average Bonchev–Trinajstić information content (AvgIpc) is 2.62. The number of ether oxygens (including phenoxy) is 2. The molecule has 0 aromatic heterocycles. The van der Waals surface area contributed by atoms with Crippen molar-refractivity contribution in [1.82, 2.24) is 0 Å². The Morgan fingerprint density at radius 1 is 0.577 bits per heavy atom. The van der Waals surface area contributed by atoms with E-state index in [1.165, 1.54) is 10.8 Å². The first-order valence-electron chi connectivity index (χ1n) is 8.41. The van der Waals surface area contributed by atoms with Crippen LogP contribution in [0.4, 0.5) is 0 Å². The fraction of sp³-hybridized carbons (Fsp3) is 0.0909. The van der Waals surface area contributed by atoms with E-state index in [9.17, 15) is 0 Å². The Kier molecular flexibility index (Phi) is 3.91. The largest absolute Gasteiger partial charge is 0.489 e. The van der Waals surface area contributed by atoms with E-state index in [0.29, 0.717) is 13.2 Å². The predicted molar refractivity (Wildman–Crippen MR) is 113 cm³/mol. The molecule has 0 spiro atoms. The van der Waals surface area contributed by atoms with Gasteiger partial charge in [0.15, 0.2) is 0 Å². The maximum atomic E-state index is 6.05. The van der Waals surface area contributed by atoms with Crippen molar-refractivity contribution in [3.05, 3.63) is 69.6 Å². The maximum Gasteiger partial charge on any atom is 0.128 e. The van der Waals surface area contributed by atoms with Crippen LogP contribution in [0.2, 0.25) is 0 Å². The van der Waals surface area contributed by atoms with E-state index >= 15 is 0 Å². The summed E-state index contributed by atoms with van der Waals surface area (Å²) < 4.78 is 14.2. The second-order valence-corrected chi connectivity index (χ2v) is 8.14. The van der Waals surface area contributed by atoms with Gasteiger partial charge in [-0.1, -0.05) is 56.1 Å². The monoisotopic (exact) mass is 468 g/mol. The smallest absolute Gasteiger partial charge is 0.128 e. The quantitative estimate of drug-likeness (QED) is 0.277. The highest BCUT2D eigenvalue weighted by atomic mass is 79.9. The van der Waals surface area contributed by atoms with Gasteiger partial charge in [0, 0.05) is 20.1 Å². The molecule has 1 aliphatic rings. The van der Waals surface area contributed by atoms with Gasteiger partial charge in [0.25, 0.3) is 0 Å². The second kappa shape index (κ2) is 6.29. The van der Waals surface area contributed by atoms with Gasteiger partial charge < -0.3 is 9.47 Å². The first-order valence-corrected chi connectivity index (χ1v) is 10.00. The fourth-order valence-electron chi connectivity index (χ4n) is 3.62. The van der Waals surface area contributed by atoms with Crippen LogP contribution >= 0.6 is 31.9 Å². The first kappa shape index (κ1) is 16.2. The zero-order valence-electron chi connectivity index (χ0n) is 13.8. The van der Waals surface area contributed by atoms with Crippen LogP contribution in [0.1, 0.15) is 0 Å². The molecule has 128 valence electrons. The maximum absolute atomic E-state index is 6.05. The number of fused-ring (bicyclic) bond motifs is 7. The molecule has 0 saturated heterocycles. The predicted octanol–water partition coefficient (Wildman–Crippen LogP) is 6.96. The molecule has 2 nitrogen and oxygen atoms in total. The molecule has 0 bridgehead atoms.